The van der Waals surface area contributed by atoms with Crippen molar-refractivity contribution in [2.75, 3.05) is 10.6 Å². The zero-order valence-electron chi connectivity index (χ0n) is 13.4. The van der Waals surface area contributed by atoms with Crippen molar-refractivity contribution in [3.8, 4) is 0 Å². The normalized spacial score (nSPS) is 15.5. The van der Waals surface area contributed by atoms with Crippen molar-refractivity contribution in [2.45, 2.75) is 52.0 Å². The molecular weight excluding hydrogens is 272 g/mol. The second-order valence-electron chi connectivity index (χ2n) is 6.19. The SMILES string of the molecule is Cc1cccc(Nc2nc(C)cc(NC3CCCCC3)n2)c1. The van der Waals surface area contributed by atoms with Crippen LogP contribution in [-0.2, 0) is 0 Å². The Labute approximate surface area is 132 Å². The summed E-state index contributed by atoms with van der Waals surface area (Å²) in [6.07, 6.45) is 6.47. The van der Waals surface area contributed by atoms with Gasteiger partial charge in [0, 0.05) is 23.5 Å². The number of aromatic nitrogens is 2. The Hall–Kier alpha value is -2.10. The Morgan fingerprint density at radius 3 is 2.59 bits per heavy atom. The minimum absolute atomic E-state index is 0.551. The maximum Gasteiger partial charge on any atom is 0.229 e. The first kappa shape index (κ1) is 14.8. The summed E-state index contributed by atoms with van der Waals surface area (Å²) in [5.74, 6) is 1.58. The number of nitrogens with zero attached hydrogens (tertiary/aromatic N) is 2. The number of nitrogens with one attached hydrogen (secondary N) is 2. The van der Waals surface area contributed by atoms with E-state index < -0.39 is 0 Å². The van der Waals surface area contributed by atoms with Crippen LogP contribution in [0.4, 0.5) is 17.5 Å². The zero-order valence-corrected chi connectivity index (χ0v) is 13.4. The monoisotopic (exact) mass is 296 g/mol. The van der Waals surface area contributed by atoms with Crippen molar-refractivity contribution < 1.29 is 0 Å². The van der Waals surface area contributed by atoms with E-state index in [0.717, 1.165) is 17.2 Å². The van der Waals surface area contributed by atoms with Crippen LogP contribution in [0.5, 0.6) is 0 Å². The van der Waals surface area contributed by atoms with Crippen LogP contribution in [0.3, 0.4) is 0 Å². The minimum atomic E-state index is 0.551. The fourth-order valence-electron chi connectivity index (χ4n) is 3.01. The topological polar surface area (TPSA) is 49.8 Å². The Balaban J connectivity index is 1.74. The molecule has 1 heterocycles. The fraction of sp³-hybridized carbons (Fsp3) is 0.444. The Morgan fingerprint density at radius 2 is 1.82 bits per heavy atom. The van der Waals surface area contributed by atoms with Gasteiger partial charge in [0.05, 0.1) is 0 Å². The summed E-state index contributed by atoms with van der Waals surface area (Å²) >= 11 is 0. The van der Waals surface area contributed by atoms with E-state index in [0.29, 0.717) is 12.0 Å². The molecule has 22 heavy (non-hydrogen) atoms. The van der Waals surface area contributed by atoms with Crippen molar-refractivity contribution in [3.05, 3.63) is 41.6 Å². The summed E-state index contributed by atoms with van der Waals surface area (Å²) in [7, 11) is 0. The van der Waals surface area contributed by atoms with Crippen LogP contribution in [0.1, 0.15) is 43.4 Å². The average Bonchev–Trinajstić information content (AvgIpc) is 2.47. The van der Waals surface area contributed by atoms with Crippen LogP contribution in [0.2, 0.25) is 0 Å². The maximum atomic E-state index is 4.62. The van der Waals surface area contributed by atoms with E-state index in [1.165, 1.54) is 37.7 Å². The molecule has 0 amide bonds. The largest absolute Gasteiger partial charge is 0.367 e. The smallest absolute Gasteiger partial charge is 0.229 e. The van der Waals surface area contributed by atoms with E-state index in [4.69, 9.17) is 0 Å². The molecule has 1 aromatic carbocycles. The molecule has 0 radical (unpaired) electrons. The van der Waals surface area contributed by atoms with Crippen molar-refractivity contribution in [1.29, 1.82) is 0 Å². The third kappa shape index (κ3) is 3.97. The van der Waals surface area contributed by atoms with Crippen LogP contribution in [0.25, 0.3) is 0 Å². The molecule has 1 saturated carbocycles. The summed E-state index contributed by atoms with van der Waals surface area (Å²) in [6, 6.07) is 10.8. The van der Waals surface area contributed by atoms with Gasteiger partial charge in [-0.05, 0) is 44.4 Å². The quantitative estimate of drug-likeness (QED) is 0.867. The highest BCUT2D eigenvalue weighted by Crippen LogP contribution is 2.22. The summed E-state index contributed by atoms with van der Waals surface area (Å²) < 4.78 is 0. The van der Waals surface area contributed by atoms with Gasteiger partial charge in [-0.15, -0.1) is 0 Å². The number of aryl methyl sites for hydroxylation is 2. The molecule has 0 unspecified atom stereocenters. The first-order valence-corrected chi connectivity index (χ1v) is 8.15. The lowest BCUT2D eigenvalue weighted by atomic mass is 9.95. The van der Waals surface area contributed by atoms with Gasteiger partial charge in [-0.1, -0.05) is 31.4 Å². The third-order valence-corrected chi connectivity index (χ3v) is 4.09. The van der Waals surface area contributed by atoms with Gasteiger partial charge < -0.3 is 10.6 Å². The van der Waals surface area contributed by atoms with Crippen molar-refractivity contribution in [3.63, 3.8) is 0 Å². The van der Waals surface area contributed by atoms with Gasteiger partial charge in [-0.3, -0.25) is 0 Å². The van der Waals surface area contributed by atoms with Crippen molar-refractivity contribution in [1.82, 2.24) is 9.97 Å². The highest BCUT2D eigenvalue weighted by Gasteiger charge is 2.14. The highest BCUT2D eigenvalue weighted by molar-refractivity contribution is 5.56. The molecule has 116 valence electrons. The van der Waals surface area contributed by atoms with Gasteiger partial charge in [0.1, 0.15) is 5.82 Å². The lowest BCUT2D eigenvalue weighted by molar-refractivity contribution is 0.462. The second kappa shape index (κ2) is 6.77. The molecule has 0 atom stereocenters. The number of hydrogen-bond donors (Lipinski definition) is 2. The van der Waals surface area contributed by atoms with Gasteiger partial charge >= 0.3 is 0 Å². The lowest BCUT2D eigenvalue weighted by Crippen LogP contribution is -2.23. The molecule has 0 spiro atoms. The van der Waals surface area contributed by atoms with Crippen molar-refractivity contribution in [2.24, 2.45) is 0 Å². The van der Waals surface area contributed by atoms with Gasteiger partial charge in [-0.2, -0.15) is 4.98 Å². The van der Waals surface area contributed by atoms with E-state index in [1.807, 2.05) is 25.1 Å². The third-order valence-electron chi connectivity index (χ3n) is 4.09. The van der Waals surface area contributed by atoms with Crippen LogP contribution in [0.15, 0.2) is 30.3 Å². The summed E-state index contributed by atoms with van der Waals surface area (Å²) in [4.78, 5) is 9.11. The summed E-state index contributed by atoms with van der Waals surface area (Å²) in [6.45, 7) is 4.09. The van der Waals surface area contributed by atoms with E-state index in [2.05, 4.69) is 39.7 Å². The molecule has 0 aliphatic heterocycles. The van der Waals surface area contributed by atoms with Crippen LogP contribution >= 0.6 is 0 Å². The van der Waals surface area contributed by atoms with Crippen LogP contribution < -0.4 is 10.6 Å². The standard InChI is InChI=1S/C18H24N4/c1-13-7-6-10-16(11-13)21-18-19-14(2)12-17(22-18)20-15-8-4-3-5-9-15/h6-7,10-12,15H,3-5,8-9H2,1-2H3,(H2,19,20,21,22). The lowest BCUT2D eigenvalue weighted by Gasteiger charge is -2.23. The second-order valence-corrected chi connectivity index (χ2v) is 6.19. The number of benzene rings is 1. The van der Waals surface area contributed by atoms with Crippen LogP contribution in [0, 0.1) is 13.8 Å². The first-order chi connectivity index (χ1) is 10.7. The molecule has 4 nitrogen and oxygen atoms in total. The average molecular weight is 296 g/mol. The zero-order chi connectivity index (χ0) is 15.4. The molecule has 1 fully saturated rings. The number of hydrogen-bond acceptors (Lipinski definition) is 4. The van der Waals surface area contributed by atoms with Crippen LogP contribution in [-0.4, -0.2) is 16.0 Å². The maximum absolute atomic E-state index is 4.62. The molecule has 4 heteroatoms. The fourth-order valence-corrected chi connectivity index (χ4v) is 3.01. The van der Waals surface area contributed by atoms with E-state index >= 15 is 0 Å². The molecule has 1 aromatic heterocycles. The van der Waals surface area contributed by atoms with Crippen molar-refractivity contribution >= 4 is 17.5 Å². The van der Waals surface area contributed by atoms with E-state index in [-0.39, 0.29) is 0 Å². The van der Waals surface area contributed by atoms with Gasteiger partial charge in [0.15, 0.2) is 0 Å². The molecule has 3 rings (SSSR count). The molecule has 0 bridgehead atoms. The van der Waals surface area contributed by atoms with E-state index in [9.17, 15) is 0 Å². The number of anilines is 3. The summed E-state index contributed by atoms with van der Waals surface area (Å²) in [5.41, 5.74) is 3.22. The Bertz CT molecular complexity index is 633. The predicted molar refractivity (Wildman–Crippen MR) is 91.7 cm³/mol. The van der Waals surface area contributed by atoms with Gasteiger partial charge in [0.25, 0.3) is 0 Å². The molecule has 2 N–H and O–H groups in total. The molecule has 1 aliphatic rings. The highest BCUT2D eigenvalue weighted by atomic mass is 15.1. The molecule has 0 saturated heterocycles. The van der Waals surface area contributed by atoms with Gasteiger partial charge in [0.2, 0.25) is 5.95 Å². The first-order valence-electron chi connectivity index (χ1n) is 8.15. The molecular formula is C18H24N4. The number of rotatable bonds is 4. The Morgan fingerprint density at radius 1 is 1.00 bits per heavy atom. The molecule has 2 aromatic rings. The summed E-state index contributed by atoms with van der Waals surface area (Å²) in [5, 5.41) is 6.87. The van der Waals surface area contributed by atoms with E-state index in [1.54, 1.807) is 0 Å². The Kier molecular flexibility index (Phi) is 4.56. The predicted octanol–water partition coefficient (Wildman–Crippen LogP) is 4.58. The minimum Gasteiger partial charge on any atom is -0.367 e. The molecule has 1 aliphatic carbocycles. The van der Waals surface area contributed by atoms with Gasteiger partial charge in [-0.25, -0.2) is 4.98 Å².